The maximum atomic E-state index is 12.7. The van der Waals surface area contributed by atoms with Crippen LogP contribution in [0.1, 0.15) is 57.1 Å². The highest BCUT2D eigenvalue weighted by Gasteiger charge is 2.29. The summed E-state index contributed by atoms with van der Waals surface area (Å²) in [6, 6.07) is 7.82. The van der Waals surface area contributed by atoms with E-state index in [9.17, 15) is 9.90 Å². The number of aromatic nitrogens is 5. The van der Waals surface area contributed by atoms with Gasteiger partial charge in [0.15, 0.2) is 5.82 Å². The fourth-order valence-electron chi connectivity index (χ4n) is 3.65. The fourth-order valence-corrected chi connectivity index (χ4v) is 3.65. The molecule has 0 fully saturated rings. The molecule has 0 aliphatic heterocycles. The first kappa shape index (κ1) is 21.1. The predicted molar refractivity (Wildman–Crippen MR) is 113 cm³/mol. The first-order valence-corrected chi connectivity index (χ1v) is 10.0. The lowest BCUT2D eigenvalue weighted by molar-refractivity contribution is 0.127. The summed E-state index contributed by atoms with van der Waals surface area (Å²) in [6.45, 7) is 11.0. The minimum absolute atomic E-state index is 0.0156. The Labute approximate surface area is 170 Å². The molecule has 156 valence electrons. The number of pyridine rings is 1. The van der Waals surface area contributed by atoms with Gasteiger partial charge in [-0.15, -0.1) is 5.10 Å². The van der Waals surface area contributed by atoms with Crippen LogP contribution in [0.4, 0.5) is 0 Å². The van der Waals surface area contributed by atoms with Gasteiger partial charge in [-0.2, -0.15) is 0 Å². The van der Waals surface area contributed by atoms with E-state index >= 15 is 0 Å². The Hall–Kier alpha value is -2.58. The number of benzene rings is 1. The lowest BCUT2D eigenvalue weighted by atomic mass is 10.1. The molecule has 2 N–H and O–H groups in total. The summed E-state index contributed by atoms with van der Waals surface area (Å²) in [5, 5.41) is 23.0. The first-order chi connectivity index (χ1) is 13.7. The number of hydrogen-bond acceptors (Lipinski definition) is 6. The van der Waals surface area contributed by atoms with E-state index in [2.05, 4.69) is 32.3 Å². The van der Waals surface area contributed by atoms with Gasteiger partial charge < -0.3 is 10.1 Å². The molecule has 0 radical (unpaired) electrons. The quantitative estimate of drug-likeness (QED) is 0.634. The smallest absolute Gasteiger partial charge is 0.252 e. The Morgan fingerprint density at radius 1 is 1.28 bits per heavy atom. The first-order valence-electron chi connectivity index (χ1n) is 10.0. The van der Waals surface area contributed by atoms with Crippen molar-refractivity contribution in [3.63, 3.8) is 0 Å². The number of tetrazole rings is 1. The SMILES string of the molecule is CC[C@@H](c1nnnn1C(C)(C)C)N(CCO)Cc1cc2ccc(C)cc2[nH]c1=O. The van der Waals surface area contributed by atoms with Crippen molar-refractivity contribution in [3.8, 4) is 0 Å². The van der Waals surface area contributed by atoms with Crippen LogP contribution in [0.15, 0.2) is 29.1 Å². The lowest BCUT2D eigenvalue weighted by Crippen LogP contribution is -2.36. The Morgan fingerprint density at radius 2 is 2.03 bits per heavy atom. The Morgan fingerprint density at radius 3 is 2.69 bits per heavy atom. The van der Waals surface area contributed by atoms with Crippen LogP contribution in [0.25, 0.3) is 10.9 Å². The number of nitrogens with zero attached hydrogens (tertiary/aromatic N) is 5. The Balaban J connectivity index is 1.99. The second-order valence-electron chi connectivity index (χ2n) is 8.45. The van der Waals surface area contributed by atoms with Crippen molar-refractivity contribution in [3.05, 3.63) is 51.6 Å². The molecule has 2 heterocycles. The van der Waals surface area contributed by atoms with Gasteiger partial charge in [0, 0.05) is 24.2 Å². The molecule has 29 heavy (non-hydrogen) atoms. The molecule has 3 rings (SSSR count). The maximum Gasteiger partial charge on any atom is 0.252 e. The van der Waals surface area contributed by atoms with Gasteiger partial charge in [-0.1, -0.05) is 19.1 Å². The zero-order chi connectivity index (χ0) is 21.2. The topological polar surface area (TPSA) is 99.9 Å². The van der Waals surface area contributed by atoms with E-state index in [1.807, 2.05) is 56.6 Å². The number of aliphatic hydroxyl groups excluding tert-OH is 1. The standard InChI is InChI=1S/C21H30N6O2/c1-6-18(19-23-24-25-27(19)21(3,4)5)26(9-10-28)13-16-12-15-8-7-14(2)11-17(15)22-20(16)29/h7-8,11-12,18,28H,6,9-10,13H2,1-5H3,(H,22,29)/t18-/m0/s1. The van der Waals surface area contributed by atoms with E-state index in [0.29, 0.717) is 18.7 Å². The number of fused-ring (bicyclic) bond motifs is 1. The number of aryl methyl sites for hydroxylation is 1. The van der Waals surface area contributed by atoms with Crippen LogP contribution in [-0.2, 0) is 12.1 Å². The molecule has 0 amide bonds. The van der Waals surface area contributed by atoms with Crippen LogP contribution >= 0.6 is 0 Å². The summed E-state index contributed by atoms with van der Waals surface area (Å²) < 4.78 is 1.82. The van der Waals surface area contributed by atoms with E-state index in [1.54, 1.807) is 0 Å². The molecule has 2 aromatic heterocycles. The number of aromatic amines is 1. The van der Waals surface area contributed by atoms with Crippen molar-refractivity contribution in [2.24, 2.45) is 0 Å². The average molecular weight is 399 g/mol. The van der Waals surface area contributed by atoms with Crippen LogP contribution in [0.5, 0.6) is 0 Å². The van der Waals surface area contributed by atoms with Gasteiger partial charge in [0.05, 0.1) is 18.2 Å². The van der Waals surface area contributed by atoms with E-state index in [0.717, 1.165) is 28.7 Å². The molecule has 0 aliphatic rings. The van der Waals surface area contributed by atoms with Crippen molar-refractivity contribution in [2.75, 3.05) is 13.2 Å². The van der Waals surface area contributed by atoms with Gasteiger partial charge in [0.2, 0.25) is 0 Å². The monoisotopic (exact) mass is 398 g/mol. The number of rotatable bonds is 7. The minimum Gasteiger partial charge on any atom is -0.395 e. The molecule has 8 nitrogen and oxygen atoms in total. The fraction of sp³-hybridized carbons (Fsp3) is 0.524. The summed E-state index contributed by atoms with van der Waals surface area (Å²) in [6.07, 6.45) is 0.751. The summed E-state index contributed by atoms with van der Waals surface area (Å²) in [5.41, 5.74) is 2.20. The number of aliphatic hydroxyl groups is 1. The molecule has 1 atom stereocenters. The van der Waals surface area contributed by atoms with Gasteiger partial charge in [0.25, 0.3) is 5.56 Å². The molecule has 0 aliphatic carbocycles. The number of H-pyrrole nitrogens is 1. The molecule has 0 bridgehead atoms. The van der Waals surface area contributed by atoms with Gasteiger partial charge in [-0.05, 0) is 67.6 Å². The van der Waals surface area contributed by atoms with Gasteiger partial charge in [-0.25, -0.2) is 4.68 Å². The van der Waals surface area contributed by atoms with E-state index in [4.69, 9.17) is 0 Å². The number of nitrogens with one attached hydrogen (secondary N) is 1. The maximum absolute atomic E-state index is 12.7. The van der Waals surface area contributed by atoms with Crippen LogP contribution in [0.2, 0.25) is 0 Å². The van der Waals surface area contributed by atoms with Crippen LogP contribution in [0, 0.1) is 6.92 Å². The minimum atomic E-state index is -0.268. The molecule has 0 saturated carbocycles. The zero-order valence-corrected chi connectivity index (χ0v) is 17.8. The molecular weight excluding hydrogens is 368 g/mol. The highest BCUT2D eigenvalue weighted by atomic mass is 16.3. The third-order valence-corrected chi connectivity index (χ3v) is 5.09. The molecule has 1 aromatic carbocycles. The largest absolute Gasteiger partial charge is 0.395 e. The van der Waals surface area contributed by atoms with E-state index in [1.165, 1.54) is 0 Å². The molecule has 0 unspecified atom stereocenters. The summed E-state index contributed by atoms with van der Waals surface area (Å²) in [5.74, 6) is 0.737. The molecular formula is C21H30N6O2. The molecule has 0 saturated heterocycles. The Bertz CT molecular complexity index is 1030. The third-order valence-electron chi connectivity index (χ3n) is 5.09. The van der Waals surface area contributed by atoms with Crippen molar-refractivity contribution < 1.29 is 5.11 Å². The highest BCUT2D eigenvalue weighted by Crippen LogP contribution is 2.27. The van der Waals surface area contributed by atoms with E-state index < -0.39 is 0 Å². The third kappa shape index (κ3) is 4.54. The number of hydrogen-bond donors (Lipinski definition) is 2. The molecule has 0 spiro atoms. The summed E-state index contributed by atoms with van der Waals surface area (Å²) >= 11 is 0. The van der Waals surface area contributed by atoms with Crippen LogP contribution < -0.4 is 5.56 Å². The summed E-state index contributed by atoms with van der Waals surface area (Å²) in [4.78, 5) is 17.8. The van der Waals surface area contributed by atoms with Crippen LogP contribution in [-0.4, -0.2) is 48.3 Å². The summed E-state index contributed by atoms with van der Waals surface area (Å²) in [7, 11) is 0. The lowest BCUT2D eigenvalue weighted by Gasteiger charge is -2.31. The second-order valence-corrected chi connectivity index (χ2v) is 8.45. The second kappa shape index (κ2) is 8.42. The zero-order valence-electron chi connectivity index (χ0n) is 17.8. The van der Waals surface area contributed by atoms with Crippen molar-refractivity contribution in [2.45, 2.75) is 59.2 Å². The van der Waals surface area contributed by atoms with Crippen LogP contribution in [0.3, 0.4) is 0 Å². The normalized spacial score (nSPS) is 13.3. The average Bonchev–Trinajstić information content (AvgIpc) is 3.13. The van der Waals surface area contributed by atoms with Gasteiger partial charge in [-0.3, -0.25) is 9.69 Å². The Kier molecular flexibility index (Phi) is 6.14. The van der Waals surface area contributed by atoms with Crippen molar-refractivity contribution in [1.29, 1.82) is 0 Å². The molecule has 3 aromatic rings. The van der Waals surface area contributed by atoms with Crippen molar-refractivity contribution in [1.82, 2.24) is 30.1 Å². The van der Waals surface area contributed by atoms with Gasteiger partial charge >= 0.3 is 0 Å². The van der Waals surface area contributed by atoms with Crippen molar-refractivity contribution >= 4 is 10.9 Å². The van der Waals surface area contributed by atoms with E-state index in [-0.39, 0.29) is 23.7 Å². The van der Waals surface area contributed by atoms with Gasteiger partial charge in [0.1, 0.15) is 0 Å². The predicted octanol–water partition coefficient (Wildman–Crippen LogP) is 2.52. The highest BCUT2D eigenvalue weighted by molar-refractivity contribution is 5.79. The molecule has 8 heteroatoms.